The molecule has 1 heterocycles. The third kappa shape index (κ3) is 5.53. The fourth-order valence-corrected chi connectivity index (χ4v) is 11.9. The van der Waals surface area contributed by atoms with Gasteiger partial charge in [0.25, 0.3) is 0 Å². The molecule has 0 atom stereocenters. The maximum Gasteiger partial charge on any atom is 0.160 e. The molecule has 0 aliphatic heterocycles. The maximum atomic E-state index is 5.13. The summed E-state index contributed by atoms with van der Waals surface area (Å²) in [7, 11) is 0. The fraction of sp³-hybridized carbons (Fsp3) is 0.207. The zero-order chi connectivity index (χ0) is 39.7. The van der Waals surface area contributed by atoms with E-state index in [1.807, 2.05) is 24.3 Å². The van der Waals surface area contributed by atoms with Gasteiger partial charge in [-0.15, -0.1) is 0 Å². The molecule has 8 aromatic rings. The molecular formula is C58H48N2. The standard InChI is InChI=1S/C58H48N2/c1-5-17-41(18-6-1)53-38-54(60-56(59-53)42-19-7-2-8-20-42)44-22-15-21-43(35-44)39-27-29-40(30-28-39)45-24-16-26-50-55(45)48-37-51-47(36-52(48)58(50)33-13-4-14-34-58)46-23-9-10-25-49(46)57(51)31-11-3-12-32-57/h1-2,5-10,15-30,35-38H,3-4,11-14,31-34H2. The van der Waals surface area contributed by atoms with Crippen LogP contribution >= 0.6 is 0 Å². The van der Waals surface area contributed by atoms with Crippen molar-refractivity contribution in [2.75, 3.05) is 0 Å². The summed E-state index contributed by atoms with van der Waals surface area (Å²) in [6.07, 6.45) is 12.9. The van der Waals surface area contributed by atoms with Crippen LogP contribution in [0, 0.1) is 0 Å². The lowest BCUT2D eigenvalue weighted by molar-refractivity contribution is 0.350. The van der Waals surface area contributed by atoms with Gasteiger partial charge in [0.15, 0.2) is 5.82 Å². The Labute approximate surface area is 354 Å². The van der Waals surface area contributed by atoms with Crippen LogP contribution < -0.4 is 0 Å². The maximum absolute atomic E-state index is 5.13. The first-order chi connectivity index (χ1) is 29.7. The molecule has 0 saturated heterocycles. The predicted molar refractivity (Wildman–Crippen MR) is 248 cm³/mol. The van der Waals surface area contributed by atoms with Gasteiger partial charge in [0, 0.05) is 27.5 Å². The number of aromatic nitrogens is 2. The van der Waals surface area contributed by atoms with Crippen LogP contribution in [0.2, 0.25) is 0 Å². The third-order valence-corrected chi connectivity index (χ3v) is 14.7. The minimum atomic E-state index is 0.0906. The number of rotatable bonds is 5. The highest BCUT2D eigenvalue weighted by molar-refractivity contribution is 5.96. The van der Waals surface area contributed by atoms with Gasteiger partial charge in [-0.1, -0.05) is 184 Å². The Morgan fingerprint density at radius 1 is 0.300 bits per heavy atom. The van der Waals surface area contributed by atoms with Gasteiger partial charge in [-0.05, 0) is 117 Å². The highest BCUT2D eigenvalue weighted by atomic mass is 14.9. The first-order valence-corrected chi connectivity index (χ1v) is 22.3. The average molecular weight is 773 g/mol. The van der Waals surface area contributed by atoms with Crippen molar-refractivity contribution in [3.63, 3.8) is 0 Å². The molecule has 290 valence electrons. The Morgan fingerprint density at radius 3 is 1.55 bits per heavy atom. The smallest absolute Gasteiger partial charge is 0.160 e. The van der Waals surface area contributed by atoms with E-state index in [0.717, 1.165) is 33.9 Å². The lowest BCUT2D eigenvalue weighted by atomic mass is 9.66. The van der Waals surface area contributed by atoms with Crippen molar-refractivity contribution in [3.05, 3.63) is 192 Å². The van der Waals surface area contributed by atoms with Crippen molar-refractivity contribution in [2.45, 2.75) is 75.0 Å². The normalized spacial score (nSPS) is 16.6. The van der Waals surface area contributed by atoms with E-state index in [1.54, 1.807) is 22.3 Å². The minimum Gasteiger partial charge on any atom is -0.228 e. The summed E-state index contributed by atoms with van der Waals surface area (Å²) in [6.45, 7) is 0. The van der Waals surface area contributed by atoms with Gasteiger partial charge in [-0.25, -0.2) is 9.97 Å². The largest absolute Gasteiger partial charge is 0.228 e. The molecule has 2 nitrogen and oxygen atoms in total. The van der Waals surface area contributed by atoms with Gasteiger partial charge in [0.1, 0.15) is 0 Å². The summed E-state index contributed by atoms with van der Waals surface area (Å²) in [5, 5.41) is 0. The summed E-state index contributed by atoms with van der Waals surface area (Å²) in [5.74, 6) is 0.733. The Hall–Kier alpha value is -6.38. The van der Waals surface area contributed by atoms with Gasteiger partial charge < -0.3 is 0 Å². The molecule has 0 amide bonds. The number of benzene rings is 7. The SMILES string of the molecule is c1ccc(-c2cc(-c3cccc(-c4ccc(-c5cccc6c5-c5cc7c(cc5C65CCCCC5)-c5ccccc5C75CCCCC5)cc4)c3)nc(-c3ccccc3)n2)cc1. The summed E-state index contributed by atoms with van der Waals surface area (Å²) in [5.41, 5.74) is 22.6. The molecule has 2 saturated carbocycles. The van der Waals surface area contributed by atoms with Crippen molar-refractivity contribution < 1.29 is 0 Å². The third-order valence-electron chi connectivity index (χ3n) is 14.7. The summed E-state index contributed by atoms with van der Waals surface area (Å²) < 4.78 is 0. The molecule has 2 heteroatoms. The zero-order valence-corrected chi connectivity index (χ0v) is 34.1. The molecule has 4 aliphatic carbocycles. The van der Waals surface area contributed by atoms with Crippen molar-refractivity contribution in [1.82, 2.24) is 9.97 Å². The van der Waals surface area contributed by atoms with E-state index in [2.05, 4.69) is 146 Å². The molecule has 4 aliphatic rings. The molecule has 12 rings (SSSR count). The average Bonchev–Trinajstić information content (AvgIpc) is 3.74. The van der Waals surface area contributed by atoms with Crippen LogP contribution in [0.3, 0.4) is 0 Å². The van der Waals surface area contributed by atoms with Crippen LogP contribution in [0.5, 0.6) is 0 Å². The van der Waals surface area contributed by atoms with E-state index >= 15 is 0 Å². The van der Waals surface area contributed by atoms with Gasteiger partial charge in [0.2, 0.25) is 0 Å². The summed E-state index contributed by atoms with van der Waals surface area (Å²) in [6, 6.07) is 63.1. The molecule has 60 heavy (non-hydrogen) atoms. The topological polar surface area (TPSA) is 25.8 Å². The van der Waals surface area contributed by atoms with E-state index in [4.69, 9.17) is 9.97 Å². The first-order valence-electron chi connectivity index (χ1n) is 22.3. The molecule has 7 aromatic carbocycles. The molecule has 0 bridgehead atoms. The van der Waals surface area contributed by atoms with Gasteiger partial charge in [-0.3, -0.25) is 0 Å². The van der Waals surface area contributed by atoms with Crippen molar-refractivity contribution >= 4 is 0 Å². The highest BCUT2D eigenvalue weighted by Crippen LogP contribution is 2.63. The van der Waals surface area contributed by atoms with E-state index in [-0.39, 0.29) is 10.8 Å². The van der Waals surface area contributed by atoms with E-state index in [1.165, 1.54) is 109 Å². The number of nitrogens with zero attached hydrogens (tertiary/aromatic N) is 2. The summed E-state index contributed by atoms with van der Waals surface area (Å²) >= 11 is 0. The Morgan fingerprint density at radius 2 is 0.817 bits per heavy atom. The van der Waals surface area contributed by atoms with Crippen molar-refractivity contribution in [1.29, 1.82) is 0 Å². The quantitative estimate of drug-likeness (QED) is 0.174. The van der Waals surface area contributed by atoms with E-state index in [9.17, 15) is 0 Å². The molecule has 0 N–H and O–H groups in total. The van der Waals surface area contributed by atoms with Crippen molar-refractivity contribution in [2.24, 2.45) is 0 Å². The zero-order valence-electron chi connectivity index (χ0n) is 34.1. The number of hydrogen-bond donors (Lipinski definition) is 0. The summed E-state index contributed by atoms with van der Waals surface area (Å²) in [4.78, 5) is 10.1. The molecule has 2 fully saturated rings. The number of hydrogen-bond acceptors (Lipinski definition) is 2. The second kappa shape index (κ2) is 14.1. The molecule has 1 aromatic heterocycles. The fourth-order valence-electron chi connectivity index (χ4n) is 11.9. The second-order valence-corrected chi connectivity index (χ2v) is 17.9. The van der Waals surface area contributed by atoms with E-state index in [0.29, 0.717) is 0 Å². The minimum absolute atomic E-state index is 0.0906. The Balaban J connectivity index is 0.947. The van der Waals surface area contributed by atoms with Crippen LogP contribution in [0.25, 0.3) is 78.4 Å². The second-order valence-electron chi connectivity index (χ2n) is 17.9. The first kappa shape index (κ1) is 35.6. The lowest BCUT2D eigenvalue weighted by Crippen LogP contribution is -2.29. The van der Waals surface area contributed by atoms with Gasteiger partial charge in [-0.2, -0.15) is 0 Å². The van der Waals surface area contributed by atoms with Crippen molar-refractivity contribution in [3.8, 4) is 78.4 Å². The molecular weight excluding hydrogens is 725 g/mol. The molecule has 0 radical (unpaired) electrons. The van der Waals surface area contributed by atoms with Gasteiger partial charge in [0.05, 0.1) is 11.4 Å². The number of fused-ring (bicyclic) bond motifs is 10. The van der Waals surface area contributed by atoms with E-state index < -0.39 is 0 Å². The molecule has 2 spiro atoms. The highest BCUT2D eigenvalue weighted by Gasteiger charge is 2.49. The monoisotopic (exact) mass is 772 g/mol. The van der Waals surface area contributed by atoms with Crippen LogP contribution in [-0.2, 0) is 10.8 Å². The van der Waals surface area contributed by atoms with Gasteiger partial charge >= 0.3 is 0 Å². The predicted octanol–water partition coefficient (Wildman–Crippen LogP) is 15.3. The van der Waals surface area contributed by atoms with Crippen LogP contribution in [0.1, 0.15) is 86.5 Å². The Bertz CT molecular complexity index is 2850. The molecule has 0 unspecified atom stereocenters. The Kier molecular flexibility index (Phi) is 8.37. The van der Waals surface area contributed by atoms with Crippen LogP contribution in [0.15, 0.2) is 170 Å². The van der Waals surface area contributed by atoms with Crippen LogP contribution in [-0.4, -0.2) is 9.97 Å². The van der Waals surface area contributed by atoms with Crippen LogP contribution in [0.4, 0.5) is 0 Å². The lowest BCUT2D eigenvalue weighted by Gasteiger charge is -2.37.